The van der Waals surface area contributed by atoms with Crippen LogP contribution in [0, 0.1) is 9.49 Å². The van der Waals surface area contributed by atoms with Crippen LogP contribution in [0.25, 0.3) is 11.1 Å². The first-order valence-corrected chi connectivity index (χ1v) is 11.8. The van der Waals surface area contributed by atoms with Gasteiger partial charge in [0, 0.05) is 17.7 Å². The Bertz CT molecular complexity index is 1080. The standard InChI is InChI=1S/C24H25IN2O5/c1-4-10-26-19(28)12-31-18-9-8-14(11-17(18)25)15-6-5-7-16-20(15)23-27(22(16)29)21(13(2)3)24(30)32-23/h5-9,11,13,21,23H,4,10,12H2,1-3H3,(H,26,28). The number of halogens is 1. The molecule has 1 fully saturated rings. The van der Waals surface area contributed by atoms with Crippen molar-refractivity contribution >= 4 is 40.4 Å². The van der Waals surface area contributed by atoms with Crippen molar-refractivity contribution in [1.29, 1.82) is 0 Å². The fourth-order valence-electron chi connectivity index (χ4n) is 4.17. The van der Waals surface area contributed by atoms with E-state index in [1.54, 1.807) is 11.0 Å². The second-order valence-corrected chi connectivity index (χ2v) is 9.40. The number of rotatable bonds is 7. The first-order valence-electron chi connectivity index (χ1n) is 10.7. The summed E-state index contributed by atoms with van der Waals surface area (Å²) in [4.78, 5) is 39.0. The Morgan fingerprint density at radius 3 is 2.66 bits per heavy atom. The van der Waals surface area contributed by atoms with Crippen molar-refractivity contribution in [1.82, 2.24) is 10.2 Å². The van der Waals surface area contributed by atoms with Gasteiger partial charge in [0.2, 0.25) is 6.23 Å². The summed E-state index contributed by atoms with van der Waals surface area (Å²) in [5.41, 5.74) is 3.00. The molecular weight excluding hydrogens is 523 g/mol. The molecule has 0 spiro atoms. The second-order valence-electron chi connectivity index (χ2n) is 8.24. The number of carbonyl (C=O) groups is 3. The topological polar surface area (TPSA) is 84.9 Å². The van der Waals surface area contributed by atoms with Crippen molar-refractivity contribution in [3.05, 3.63) is 51.1 Å². The van der Waals surface area contributed by atoms with Gasteiger partial charge in [-0.1, -0.05) is 39.0 Å². The number of fused-ring (bicyclic) bond motifs is 3. The molecule has 2 aromatic rings. The van der Waals surface area contributed by atoms with Crippen LogP contribution in [0.5, 0.6) is 5.75 Å². The fourth-order valence-corrected chi connectivity index (χ4v) is 4.84. The molecule has 2 aromatic carbocycles. The van der Waals surface area contributed by atoms with Crippen molar-refractivity contribution in [3.8, 4) is 16.9 Å². The van der Waals surface area contributed by atoms with Gasteiger partial charge in [-0.2, -0.15) is 0 Å². The van der Waals surface area contributed by atoms with E-state index in [1.165, 1.54) is 0 Å². The summed E-state index contributed by atoms with van der Waals surface area (Å²) in [7, 11) is 0. The van der Waals surface area contributed by atoms with Crippen LogP contribution in [0.15, 0.2) is 36.4 Å². The zero-order chi connectivity index (χ0) is 23.0. The van der Waals surface area contributed by atoms with E-state index in [9.17, 15) is 14.4 Å². The van der Waals surface area contributed by atoms with Gasteiger partial charge in [0.05, 0.1) is 3.57 Å². The van der Waals surface area contributed by atoms with Crippen molar-refractivity contribution < 1.29 is 23.9 Å². The molecule has 168 valence electrons. The summed E-state index contributed by atoms with van der Waals surface area (Å²) < 4.78 is 12.2. The molecule has 1 N–H and O–H groups in total. The van der Waals surface area contributed by atoms with Gasteiger partial charge in [-0.3, -0.25) is 14.5 Å². The highest BCUT2D eigenvalue weighted by atomic mass is 127. The molecule has 2 unspecified atom stereocenters. The van der Waals surface area contributed by atoms with Crippen molar-refractivity contribution in [2.75, 3.05) is 13.2 Å². The zero-order valence-corrected chi connectivity index (χ0v) is 20.3. The summed E-state index contributed by atoms with van der Waals surface area (Å²) >= 11 is 2.17. The summed E-state index contributed by atoms with van der Waals surface area (Å²) in [6, 6.07) is 10.6. The number of benzene rings is 2. The maximum atomic E-state index is 13.1. The lowest BCUT2D eigenvalue weighted by Gasteiger charge is -2.22. The molecule has 1 saturated heterocycles. The summed E-state index contributed by atoms with van der Waals surface area (Å²) in [5, 5.41) is 2.78. The first kappa shape index (κ1) is 22.6. The molecule has 2 heterocycles. The number of ether oxygens (including phenoxy) is 2. The van der Waals surface area contributed by atoms with E-state index in [4.69, 9.17) is 9.47 Å². The predicted molar refractivity (Wildman–Crippen MR) is 127 cm³/mol. The fraction of sp³-hybridized carbons (Fsp3) is 0.375. The van der Waals surface area contributed by atoms with Crippen LogP contribution in [0.1, 0.15) is 49.3 Å². The average Bonchev–Trinajstić information content (AvgIpc) is 3.24. The third kappa shape index (κ3) is 3.96. The molecule has 8 heteroatoms. The molecule has 32 heavy (non-hydrogen) atoms. The molecule has 2 aliphatic heterocycles. The van der Waals surface area contributed by atoms with E-state index in [-0.39, 0.29) is 30.3 Å². The second kappa shape index (κ2) is 9.09. The van der Waals surface area contributed by atoms with Gasteiger partial charge in [0.25, 0.3) is 11.8 Å². The Morgan fingerprint density at radius 2 is 1.97 bits per heavy atom. The Balaban J connectivity index is 1.62. The molecular formula is C24H25IN2O5. The molecule has 0 saturated carbocycles. The predicted octanol–water partition coefficient (Wildman–Crippen LogP) is 3.90. The van der Waals surface area contributed by atoms with Crippen LogP contribution in [0.4, 0.5) is 0 Å². The summed E-state index contributed by atoms with van der Waals surface area (Å²) in [5.74, 6) is -0.129. The van der Waals surface area contributed by atoms with Gasteiger partial charge in [-0.25, -0.2) is 4.79 Å². The highest BCUT2D eigenvalue weighted by Crippen LogP contribution is 2.47. The molecule has 7 nitrogen and oxygen atoms in total. The lowest BCUT2D eigenvalue weighted by Crippen LogP contribution is -2.39. The number of amides is 2. The monoisotopic (exact) mass is 548 g/mol. The van der Waals surface area contributed by atoms with E-state index in [2.05, 4.69) is 27.9 Å². The van der Waals surface area contributed by atoms with Gasteiger partial charge in [0.15, 0.2) is 6.61 Å². The van der Waals surface area contributed by atoms with Crippen molar-refractivity contribution in [3.63, 3.8) is 0 Å². The summed E-state index contributed by atoms with van der Waals surface area (Å²) in [6.45, 7) is 6.39. The van der Waals surface area contributed by atoms with E-state index in [1.807, 2.05) is 51.1 Å². The number of nitrogens with zero attached hydrogens (tertiary/aromatic N) is 1. The molecule has 0 radical (unpaired) electrons. The highest BCUT2D eigenvalue weighted by molar-refractivity contribution is 14.1. The van der Waals surface area contributed by atoms with Crippen LogP contribution < -0.4 is 10.1 Å². The first-order chi connectivity index (χ1) is 15.3. The lowest BCUT2D eigenvalue weighted by molar-refractivity contribution is -0.143. The number of hydrogen-bond donors (Lipinski definition) is 1. The molecule has 0 bridgehead atoms. The Kier molecular flexibility index (Phi) is 6.41. The minimum absolute atomic E-state index is 0.0406. The number of hydrogen-bond acceptors (Lipinski definition) is 5. The maximum Gasteiger partial charge on any atom is 0.331 e. The van der Waals surface area contributed by atoms with Gasteiger partial charge >= 0.3 is 5.97 Å². The van der Waals surface area contributed by atoms with E-state index in [0.717, 1.165) is 26.7 Å². The number of nitrogens with one attached hydrogen (secondary N) is 1. The Hall–Kier alpha value is -2.62. The van der Waals surface area contributed by atoms with Gasteiger partial charge in [-0.15, -0.1) is 0 Å². The number of carbonyl (C=O) groups excluding carboxylic acids is 3. The quantitative estimate of drug-likeness (QED) is 0.419. The van der Waals surface area contributed by atoms with Gasteiger partial charge in [0.1, 0.15) is 11.8 Å². The lowest BCUT2D eigenvalue weighted by atomic mass is 9.96. The summed E-state index contributed by atoms with van der Waals surface area (Å²) in [6.07, 6.45) is 0.164. The Labute approximate surface area is 200 Å². The molecule has 0 aliphatic carbocycles. The molecule has 2 aliphatic rings. The SMILES string of the molecule is CCCNC(=O)COc1ccc(-c2cccc3c2C2OC(=O)C(C(C)C)N2C3=O)cc1I. The van der Waals surface area contributed by atoms with Crippen LogP contribution in [0.2, 0.25) is 0 Å². The van der Waals surface area contributed by atoms with E-state index in [0.29, 0.717) is 17.9 Å². The maximum absolute atomic E-state index is 13.1. The smallest absolute Gasteiger partial charge is 0.331 e. The molecule has 0 aromatic heterocycles. The van der Waals surface area contributed by atoms with E-state index < -0.39 is 12.3 Å². The van der Waals surface area contributed by atoms with Gasteiger partial charge in [-0.05, 0) is 64.3 Å². The number of esters is 1. The molecule has 2 atom stereocenters. The van der Waals surface area contributed by atoms with Crippen LogP contribution in [-0.4, -0.2) is 41.9 Å². The molecule has 4 rings (SSSR count). The average molecular weight is 548 g/mol. The van der Waals surface area contributed by atoms with Crippen LogP contribution >= 0.6 is 22.6 Å². The van der Waals surface area contributed by atoms with Gasteiger partial charge < -0.3 is 14.8 Å². The third-order valence-electron chi connectivity index (χ3n) is 5.64. The highest BCUT2D eigenvalue weighted by Gasteiger charge is 2.53. The minimum atomic E-state index is -0.704. The normalized spacial score (nSPS) is 19.1. The largest absolute Gasteiger partial charge is 0.483 e. The van der Waals surface area contributed by atoms with Crippen LogP contribution in [0.3, 0.4) is 0 Å². The molecule has 2 amide bonds. The van der Waals surface area contributed by atoms with E-state index >= 15 is 0 Å². The van der Waals surface area contributed by atoms with Crippen molar-refractivity contribution in [2.45, 2.75) is 39.5 Å². The van der Waals surface area contributed by atoms with Crippen LogP contribution in [-0.2, 0) is 14.3 Å². The third-order valence-corrected chi connectivity index (χ3v) is 6.49. The van der Waals surface area contributed by atoms with Crippen molar-refractivity contribution in [2.24, 2.45) is 5.92 Å². The Morgan fingerprint density at radius 1 is 1.22 bits per heavy atom. The minimum Gasteiger partial charge on any atom is -0.483 e. The zero-order valence-electron chi connectivity index (χ0n) is 18.2.